The maximum atomic E-state index is 12.7. The lowest BCUT2D eigenvalue weighted by Crippen LogP contribution is -2.39. The Morgan fingerprint density at radius 1 is 1.03 bits per heavy atom. The summed E-state index contributed by atoms with van der Waals surface area (Å²) in [5.41, 5.74) is 4.58. The Hall–Kier alpha value is -4.07. The fourth-order valence-electron chi connectivity index (χ4n) is 4.37. The summed E-state index contributed by atoms with van der Waals surface area (Å²) in [7, 11) is 1.60. The Bertz CT molecular complexity index is 1190. The molecule has 182 valence electrons. The number of alkyl carbamates (subject to hydrolysis) is 1. The van der Waals surface area contributed by atoms with E-state index in [0.29, 0.717) is 12.2 Å². The van der Waals surface area contributed by atoms with Crippen LogP contribution in [0.4, 0.5) is 4.79 Å². The van der Waals surface area contributed by atoms with Crippen molar-refractivity contribution in [3.63, 3.8) is 0 Å². The number of nitrogens with one attached hydrogen (secondary N) is 1. The monoisotopic (exact) mass is 476 g/mol. The topological polar surface area (TPSA) is 109 Å². The van der Waals surface area contributed by atoms with Gasteiger partial charge in [-0.2, -0.15) is 0 Å². The highest BCUT2D eigenvalue weighted by Gasteiger charge is 2.29. The third kappa shape index (κ3) is 5.37. The van der Waals surface area contributed by atoms with Crippen LogP contribution in [-0.2, 0) is 16.1 Å². The molecule has 35 heavy (non-hydrogen) atoms. The molecular weight excluding hydrogens is 448 g/mol. The van der Waals surface area contributed by atoms with Gasteiger partial charge in [-0.25, -0.2) is 9.59 Å². The summed E-state index contributed by atoms with van der Waals surface area (Å²) in [5, 5.41) is 11.8. The van der Waals surface area contributed by atoms with E-state index in [1.54, 1.807) is 7.05 Å². The molecule has 8 nitrogen and oxygen atoms in total. The fourth-order valence-corrected chi connectivity index (χ4v) is 4.37. The summed E-state index contributed by atoms with van der Waals surface area (Å²) in [6.07, 6.45) is 0.0727. The van der Waals surface area contributed by atoms with Gasteiger partial charge in [0.15, 0.2) is 0 Å². The van der Waals surface area contributed by atoms with E-state index in [2.05, 4.69) is 29.6 Å². The number of benzene rings is 2. The second-order valence-electron chi connectivity index (χ2n) is 8.60. The molecule has 8 heteroatoms. The Morgan fingerprint density at radius 3 is 2.23 bits per heavy atom. The number of carboxylic acids is 1. The second kappa shape index (κ2) is 10.5. The van der Waals surface area contributed by atoms with Crippen molar-refractivity contribution in [1.29, 1.82) is 0 Å². The molecule has 1 aliphatic rings. The minimum absolute atomic E-state index is 0.0371. The van der Waals surface area contributed by atoms with Crippen LogP contribution in [0.3, 0.4) is 0 Å². The summed E-state index contributed by atoms with van der Waals surface area (Å²) >= 11 is 0. The Kier molecular flexibility index (Phi) is 7.19. The molecule has 0 fully saturated rings. The Balaban J connectivity index is 1.31. The molecular formula is C27H28N2O6. The smallest absolute Gasteiger partial charge is 0.407 e. The number of ether oxygens (including phenoxy) is 1. The van der Waals surface area contributed by atoms with E-state index in [9.17, 15) is 14.4 Å². The van der Waals surface area contributed by atoms with Gasteiger partial charge in [0.1, 0.15) is 12.4 Å². The highest BCUT2D eigenvalue weighted by atomic mass is 16.5. The number of hydrogen-bond donors (Lipinski definition) is 2. The van der Waals surface area contributed by atoms with Crippen LogP contribution in [0.2, 0.25) is 0 Å². The molecule has 2 amide bonds. The third-order valence-electron chi connectivity index (χ3n) is 6.27. The summed E-state index contributed by atoms with van der Waals surface area (Å²) in [5.74, 6) is -1.21. The molecule has 1 atom stereocenters. The first-order valence-corrected chi connectivity index (χ1v) is 11.5. The number of carbonyl (C=O) groups is 3. The molecule has 1 unspecified atom stereocenters. The van der Waals surface area contributed by atoms with Crippen LogP contribution >= 0.6 is 0 Å². The first kappa shape index (κ1) is 24.1. The molecule has 1 heterocycles. The van der Waals surface area contributed by atoms with Crippen LogP contribution in [0, 0.1) is 0 Å². The molecule has 0 saturated carbocycles. The maximum Gasteiger partial charge on any atom is 0.407 e. The van der Waals surface area contributed by atoms with Crippen molar-refractivity contribution in [2.75, 3.05) is 13.7 Å². The maximum absolute atomic E-state index is 12.7. The number of nitrogens with zero attached hydrogens (tertiary/aromatic N) is 1. The van der Waals surface area contributed by atoms with Crippen molar-refractivity contribution < 1.29 is 28.6 Å². The van der Waals surface area contributed by atoms with Crippen LogP contribution in [0.25, 0.3) is 11.1 Å². The molecule has 4 rings (SSSR count). The van der Waals surface area contributed by atoms with Crippen LogP contribution in [0.1, 0.15) is 53.1 Å². The Morgan fingerprint density at radius 2 is 1.66 bits per heavy atom. The van der Waals surface area contributed by atoms with E-state index in [1.165, 1.54) is 17.0 Å². The number of rotatable bonds is 9. The molecule has 0 radical (unpaired) electrons. The zero-order valence-corrected chi connectivity index (χ0v) is 19.7. The molecule has 0 spiro atoms. The normalized spacial score (nSPS) is 13.0. The van der Waals surface area contributed by atoms with Gasteiger partial charge in [0, 0.05) is 25.4 Å². The van der Waals surface area contributed by atoms with E-state index in [4.69, 9.17) is 14.3 Å². The standard InChI is InChI=1S/C27H28N2O6/c1-3-17(14-25(30)29(2)15-18-12-13-24(35-18)26(31)32)28-27(33)34-16-23-21-10-6-4-8-19(21)20-9-5-7-11-22(20)23/h4-13,17,23H,3,14-16H2,1-2H3,(H,28,33)(H,31,32). The van der Waals surface area contributed by atoms with Crippen molar-refractivity contribution in [2.45, 2.75) is 38.3 Å². The molecule has 1 aromatic heterocycles. The largest absolute Gasteiger partial charge is 0.475 e. The third-order valence-corrected chi connectivity index (χ3v) is 6.27. The second-order valence-corrected chi connectivity index (χ2v) is 8.60. The van der Waals surface area contributed by atoms with E-state index in [0.717, 1.165) is 22.3 Å². The zero-order valence-electron chi connectivity index (χ0n) is 19.7. The zero-order chi connectivity index (χ0) is 24.9. The van der Waals surface area contributed by atoms with E-state index in [1.807, 2.05) is 31.2 Å². The number of aromatic carboxylic acids is 1. The average molecular weight is 477 g/mol. The lowest BCUT2D eigenvalue weighted by molar-refractivity contribution is -0.131. The highest BCUT2D eigenvalue weighted by Crippen LogP contribution is 2.44. The lowest BCUT2D eigenvalue weighted by atomic mass is 9.98. The molecule has 2 N–H and O–H groups in total. The fraction of sp³-hybridized carbons (Fsp3) is 0.296. The number of furan rings is 1. The number of hydrogen-bond acceptors (Lipinski definition) is 5. The van der Waals surface area contributed by atoms with Gasteiger partial charge in [-0.15, -0.1) is 0 Å². The lowest BCUT2D eigenvalue weighted by Gasteiger charge is -2.21. The van der Waals surface area contributed by atoms with Gasteiger partial charge >= 0.3 is 12.1 Å². The van der Waals surface area contributed by atoms with Gasteiger partial charge < -0.3 is 24.5 Å². The van der Waals surface area contributed by atoms with E-state index in [-0.39, 0.29) is 37.2 Å². The van der Waals surface area contributed by atoms with Crippen molar-refractivity contribution in [3.05, 3.63) is 83.3 Å². The van der Waals surface area contributed by atoms with Gasteiger partial charge in [-0.1, -0.05) is 55.5 Å². The SMILES string of the molecule is CCC(CC(=O)N(C)Cc1ccc(C(=O)O)o1)NC(=O)OCC1c2ccccc2-c2ccccc21. The average Bonchev–Trinajstić information content (AvgIpc) is 3.45. The van der Waals surface area contributed by atoms with Gasteiger partial charge in [0.05, 0.1) is 6.54 Å². The molecule has 0 aliphatic heterocycles. The molecule has 2 aromatic carbocycles. The quantitative estimate of drug-likeness (QED) is 0.466. The molecule has 1 aliphatic carbocycles. The van der Waals surface area contributed by atoms with Gasteiger partial charge in [0.25, 0.3) is 0 Å². The first-order chi connectivity index (χ1) is 16.9. The van der Waals surface area contributed by atoms with Gasteiger partial charge in [-0.3, -0.25) is 4.79 Å². The first-order valence-electron chi connectivity index (χ1n) is 11.5. The summed E-state index contributed by atoms with van der Waals surface area (Å²) in [6, 6.07) is 18.7. The van der Waals surface area contributed by atoms with Crippen LogP contribution < -0.4 is 5.32 Å². The van der Waals surface area contributed by atoms with Crippen molar-refractivity contribution in [3.8, 4) is 11.1 Å². The van der Waals surface area contributed by atoms with Crippen molar-refractivity contribution in [1.82, 2.24) is 10.2 Å². The van der Waals surface area contributed by atoms with Crippen molar-refractivity contribution in [2.24, 2.45) is 0 Å². The summed E-state index contributed by atoms with van der Waals surface area (Å²) in [4.78, 5) is 37.6. The Labute approximate surface area is 203 Å². The van der Waals surface area contributed by atoms with Crippen molar-refractivity contribution >= 4 is 18.0 Å². The minimum Gasteiger partial charge on any atom is -0.475 e. The predicted molar refractivity (Wildman–Crippen MR) is 129 cm³/mol. The number of carbonyl (C=O) groups excluding carboxylic acids is 2. The molecule has 3 aromatic rings. The number of carboxylic acid groups (broad SMARTS) is 1. The number of fused-ring (bicyclic) bond motifs is 3. The van der Waals surface area contributed by atoms with E-state index < -0.39 is 18.1 Å². The summed E-state index contributed by atoms with van der Waals surface area (Å²) < 4.78 is 10.8. The van der Waals surface area contributed by atoms with Crippen LogP contribution in [0.5, 0.6) is 0 Å². The summed E-state index contributed by atoms with van der Waals surface area (Å²) in [6.45, 7) is 2.22. The van der Waals surface area contributed by atoms with Crippen LogP contribution in [0.15, 0.2) is 65.1 Å². The number of amides is 2. The minimum atomic E-state index is -1.16. The highest BCUT2D eigenvalue weighted by molar-refractivity contribution is 5.84. The van der Waals surface area contributed by atoms with Crippen LogP contribution in [-0.4, -0.2) is 47.7 Å². The molecule has 0 saturated heterocycles. The predicted octanol–water partition coefficient (Wildman–Crippen LogP) is 4.64. The van der Waals surface area contributed by atoms with E-state index >= 15 is 0 Å². The van der Waals surface area contributed by atoms with Gasteiger partial charge in [0.2, 0.25) is 11.7 Å². The molecule has 0 bridgehead atoms. The van der Waals surface area contributed by atoms with Gasteiger partial charge in [-0.05, 0) is 40.8 Å².